The Morgan fingerprint density at radius 3 is 1.97 bits per heavy atom. The van der Waals surface area contributed by atoms with Gasteiger partial charge in [0.25, 0.3) is 10.1 Å². The zero-order chi connectivity index (χ0) is 27.6. The van der Waals surface area contributed by atoms with Crippen LogP contribution in [0.15, 0.2) is 48.5 Å². The van der Waals surface area contributed by atoms with Gasteiger partial charge in [0.05, 0.1) is 35.4 Å². The van der Waals surface area contributed by atoms with Crippen molar-refractivity contribution in [2.45, 2.75) is 56.4 Å². The van der Waals surface area contributed by atoms with E-state index in [2.05, 4.69) is 5.32 Å². The summed E-state index contributed by atoms with van der Waals surface area (Å²) in [6, 6.07) is 10.0. The number of rotatable bonds is 7. The van der Waals surface area contributed by atoms with Crippen molar-refractivity contribution in [3.8, 4) is 0 Å². The Balaban J connectivity index is 1.88. The molecule has 0 unspecified atom stereocenters. The normalized spacial score (nSPS) is 21.9. The van der Waals surface area contributed by atoms with Crippen LogP contribution in [-0.2, 0) is 37.0 Å². The van der Waals surface area contributed by atoms with Gasteiger partial charge in [-0.25, -0.2) is 0 Å². The molecule has 0 bridgehead atoms. The topological polar surface area (TPSA) is 72.5 Å². The maximum absolute atomic E-state index is 13.3. The van der Waals surface area contributed by atoms with Gasteiger partial charge in [0.2, 0.25) is 5.91 Å². The highest BCUT2D eigenvalue weighted by Crippen LogP contribution is 2.41. The minimum atomic E-state index is -5.02. The minimum absolute atomic E-state index is 0.0154. The standard InChI is InChI=1S/C25H27F6NO4S/c1-16(18-12-20(24(26,27)28)14-21(13-18)25(29,30)31)22(33)32-23(19-6-4-3-5-7-19)10-8-17(9-11-23)15-36-37(2,34)35/h3-7,12-14,16-17H,8-11,15H2,1-2H3,(H,32,33)/t16-,17?,23?/m0/s1. The molecule has 1 saturated carbocycles. The van der Waals surface area contributed by atoms with E-state index < -0.39 is 56.5 Å². The fourth-order valence-corrected chi connectivity index (χ4v) is 4.96. The summed E-state index contributed by atoms with van der Waals surface area (Å²) in [7, 11) is -3.62. The summed E-state index contributed by atoms with van der Waals surface area (Å²) in [6.07, 6.45) is -7.37. The molecule has 37 heavy (non-hydrogen) atoms. The minimum Gasteiger partial charge on any atom is -0.346 e. The van der Waals surface area contributed by atoms with Gasteiger partial charge in [-0.3, -0.25) is 8.98 Å². The molecule has 0 heterocycles. The maximum atomic E-state index is 13.3. The number of carbonyl (C=O) groups excluding carboxylic acids is 1. The molecule has 0 aromatic heterocycles. The van der Waals surface area contributed by atoms with Gasteiger partial charge in [0, 0.05) is 0 Å². The number of amides is 1. The van der Waals surface area contributed by atoms with Crippen LogP contribution in [0.2, 0.25) is 0 Å². The van der Waals surface area contributed by atoms with Gasteiger partial charge in [0.1, 0.15) is 0 Å². The molecular weight excluding hydrogens is 524 g/mol. The van der Waals surface area contributed by atoms with Crippen molar-refractivity contribution in [3.05, 3.63) is 70.8 Å². The number of hydrogen-bond donors (Lipinski definition) is 1. The first-order chi connectivity index (χ1) is 17.0. The van der Waals surface area contributed by atoms with Crippen molar-refractivity contribution in [2.75, 3.05) is 12.9 Å². The maximum Gasteiger partial charge on any atom is 0.416 e. The molecule has 1 amide bonds. The lowest BCUT2D eigenvalue weighted by molar-refractivity contribution is -0.143. The molecular formula is C25H27F6NO4S. The molecule has 0 aliphatic heterocycles. The van der Waals surface area contributed by atoms with Crippen LogP contribution in [0, 0.1) is 5.92 Å². The fourth-order valence-electron chi connectivity index (χ4n) is 4.52. The molecule has 2 aromatic rings. The molecule has 12 heteroatoms. The van der Waals surface area contributed by atoms with Crippen molar-refractivity contribution < 1.29 is 43.7 Å². The Hall–Kier alpha value is -2.60. The first-order valence-electron chi connectivity index (χ1n) is 11.5. The molecule has 1 atom stereocenters. The van der Waals surface area contributed by atoms with E-state index in [9.17, 15) is 39.6 Å². The number of nitrogens with one attached hydrogen (secondary N) is 1. The lowest BCUT2D eigenvalue weighted by Gasteiger charge is -2.42. The smallest absolute Gasteiger partial charge is 0.346 e. The Morgan fingerprint density at radius 1 is 1.00 bits per heavy atom. The van der Waals surface area contributed by atoms with Gasteiger partial charge in [-0.2, -0.15) is 34.8 Å². The Labute approximate surface area is 211 Å². The number of alkyl halides is 6. The summed E-state index contributed by atoms with van der Waals surface area (Å²) in [5, 5.41) is 2.90. The predicted octanol–water partition coefficient (Wildman–Crippen LogP) is 6.01. The highest BCUT2D eigenvalue weighted by molar-refractivity contribution is 7.85. The van der Waals surface area contributed by atoms with E-state index in [-0.39, 0.29) is 18.6 Å². The van der Waals surface area contributed by atoms with Gasteiger partial charge in [0.15, 0.2) is 0 Å². The van der Waals surface area contributed by atoms with Gasteiger partial charge in [-0.15, -0.1) is 0 Å². The molecule has 1 fully saturated rings. The van der Waals surface area contributed by atoms with E-state index in [1.54, 1.807) is 30.3 Å². The average Bonchev–Trinajstić information content (AvgIpc) is 2.81. The van der Waals surface area contributed by atoms with E-state index in [1.807, 2.05) is 0 Å². The number of carbonyl (C=O) groups is 1. The average molecular weight is 552 g/mol. The molecule has 1 aliphatic rings. The predicted molar refractivity (Wildman–Crippen MR) is 124 cm³/mol. The van der Waals surface area contributed by atoms with Crippen LogP contribution in [0.1, 0.15) is 60.8 Å². The molecule has 5 nitrogen and oxygen atoms in total. The van der Waals surface area contributed by atoms with Crippen molar-refractivity contribution >= 4 is 16.0 Å². The van der Waals surface area contributed by atoms with E-state index in [4.69, 9.17) is 4.18 Å². The van der Waals surface area contributed by atoms with Crippen LogP contribution in [-0.4, -0.2) is 27.2 Å². The zero-order valence-corrected chi connectivity index (χ0v) is 20.9. The number of halogens is 6. The second-order valence-electron chi connectivity index (χ2n) is 9.43. The number of benzene rings is 2. The van der Waals surface area contributed by atoms with Gasteiger partial charge in [-0.05, 0) is 67.9 Å². The second-order valence-corrected chi connectivity index (χ2v) is 11.1. The first-order valence-corrected chi connectivity index (χ1v) is 13.3. The molecule has 0 saturated heterocycles. The third-order valence-corrected chi connectivity index (χ3v) is 7.23. The number of hydrogen-bond acceptors (Lipinski definition) is 4. The summed E-state index contributed by atoms with van der Waals surface area (Å²) >= 11 is 0. The van der Waals surface area contributed by atoms with Gasteiger partial charge in [-0.1, -0.05) is 30.3 Å². The summed E-state index contributed by atoms with van der Waals surface area (Å²) in [4.78, 5) is 13.3. The van der Waals surface area contributed by atoms with E-state index in [0.717, 1.165) is 11.8 Å². The quantitative estimate of drug-likeness (QED) is 0.338. The van der Waals surface area contributed by atoms with Crippen molar-refractivity contribution in [3.63, 3.8) is 0 Å². The van der Waals surface area contributed by atoms with Crippen LogP contribution in [0.25, 0.3) is 0 Å². The monoisotopic (exact) mass is 551 g/mol. The van der Waals surface area contributed by atoms with Crippen LogP contribution < -0.4 is 5.32 Å². The van der Waals surface area contributed by atoms with Crippen molar-refractivity contribution in [1.29, 1.82) is 0 Å². The molecule has 204 valence electrons. The summed E-state index contributed by atoms with van der Waals surface area (Å²) in [6.45, 7) is 1.24. The van der Waals surface area contributed by atoms with Crippen LogP contribution in [0.4, 0.5) is 26.3 Å². The first kappa shape index (κ1) is 29.0. The molecule has 3 rings (SSSR count). The van der Waals surface area contributed by atoms with E-state index in [0.29, 0.717) is 37.8 Å². The van der Waals surface area contributed by atoms with Crippen LogP contribution >= 0.6 is 0 Å². The molecule has 0 spiro atoms. The van der Waals surface area contributed by atoms with Crippen molar-refractivity contribution in [2.24, 2.45) is 5.92 Å². The summed E-state index contributed by atoms with van der Waals surface area (Å²) < 4.78 is 107. The van der Waals surface area contributed by atoms with Crippen LogP contribution in [0.3, 0.4) is 0 Å². The molecule has 1 aliphatic carbocycles. The largest absolute Gasteiger partial charge is 0.416 e. The van der Waals surface area contributed by atoms with Crippen LogP contribution in [0.5, 0.6) is 0 Å². The van der Waals surface area contributed by atoms with E-state index in [1.165, 1.54) is 6.92 Å². The molecule has 1 N–H and O–H groups in total. The Morgan fingerprint density at radius 2 is 1.51 bits per heavy atom. The van der Waals surface area contributed by atoms with Crippen molar-refractivity contribution in [1.82, 2.24) is 5.32 Å². The van der Waals surface area contributed by atoms with Gasteiger partial charge >= 0.3 is 12.4 Å². The lowest BCUT2D eigenvalue weighted by Crippen LogP contribution is -2.49. The summed E-state index contributed by atoms with van der Waals surface area (Å²) in [5.74, 6) is -2.13. The molecule has 2 aromatic carbocycles. The highest BCUT2D eigenvalue weighted by Gasteiger charge is 2.41. The second kappa shape index (κ2) is 10.6. The lowest BCUT2D eigenvalue weighted by atomic mass is 9.72. The Kier molecular flexibility index (Phi) is 8.33. The highest BCUT2D eigenvalue weighted by atomic mass is 32.2. The summed E-state index contributed by atoms with van der Waals surface area (Å²) in [5.41, 5.74) is -3.57. The molecule has 0 radical (unpaired) electrons. The third-order valence-electron chi connectivity index (χ3n) is 6.67. The van der Waals surface area contributed by atoms with Gasteiger partial charge < -0.3 is 5.32 Å². The fraction of sp³-hybridized carbons (Fsp3) is 0.480. The SMILES string of the molecule is C[C@H](C(=O)NC1(c2ccccc2)CCC(COS(C)(=O)=O)CC1)c1cc(C(F)(F)F)cc(C(F)(F)F)c1. The van der Waals surface area contributed by atoms with E-state index >= 15 is 0 Å². The Bertz CT molecular complexity index is 1170. The third kappa shape index (κ3) is 7.47. The zero-order valence-electron chi connectivity index (χ0n) is 20.1.